The Hall–Kier alpha value is -2.75. The number of nitrogens with two attached hydrogens (primary N) is 2. The zero-order valence-electron chi connectivity index (χ0n) is 11.6. The number of rotatable bonds is 5. The molecule has 0 spiro atoms. The van der Waals surface area contributed by atoms with E-state index in [0.717, 1.165) is 4.90 Å². The average Bonchev–Trinajstić information content (AvgIpc) is 2.82. The zero-order valence-corrected chi connectivity index (χ0v) is 12.4. The minimum Gasteiger partial charge on any atom is -0.399 e. The molecule has 0 saturated heterocycles. The van der Waals surface area contributed by atoms with Crippen molar-refractivity contribution in [2.24, 2.45) is 0 Å². The van der Waals surface area contributed by atoms with Crippen molar-refractivity contribution in [1.29, 1.82) is 0 Å². The van der Waals surface area contributed by atoms with E-state index >= 15 is 0 Å². The molecule has 6 N–H and O–H groups in total. The Morgan fingerprint density at radius 2 is 1.73 bits per heavy atom. The highest BCUT2D eigenvalue weighted by molar-refractivity contribution is 8.00. The molecular formula is C12H14N6O3S. The molecule has 0 radical (unpaired) electrons. The molecule has 2 rings (SSSR count). The second-order valence-corrected chi connectivity index (χ2v) is 5.36. The lowest BCUT2D eigenvalue weighted by atomic mass is 10.3. The summed E-state index contributed by atoms with van der Waals surface area (Å²) in [5.74, 6) is -0.481. The topological polar surface area (TPSA) is 149 Å². The van der Waals surface area contributed by atoms with Crippen molar-refractivity contribution in [1.82, 2.24) is 10.3 Å². The van der Waals surface area contributed by atoms with Crippen LogP contribution in [0.1, 0.15) is 6.92 Å². The molecule has 0 aliphatic carbocycles. The van der Waals surface area contributed by atoms with Gasteiger partial charge >= 0.3 is 0 Å². The molecule has 0 bridgehead atoms. The van der Waals surface area contributed by atoms with Gasteiger partial charge in [-0.2, -0.15) is 0 Å². The van der Waals surface area contributed by atoms with Crippen molar-refractivity contribution >= 4 is 46.6 Å². The predicted octanol–water partition coefficient (Wildman–Crippen LogP) is 0.923. The minimum absolute atomic E-state index is 0.0490. The van der Waals surface area contributed by atoms with E-state index in [-0.39, 0.29) is 29.2 Å². The maximum absolute atomic E-state index is 11.9. The molecule has 0 aliphatic rings. The van der Waals surface area contributed by atoms with Crippen LogP contribution in [-0.2, 0) is 9.59 Å². The van der Waals surface area contributed by atoms with Crippen LogP contribution in [0.15, 0.2) is 27.7 Å². The van der Waals surface area contributed by atoms with Crippen LogP contribution in [0.5, 0.6) is 0 Å². The lowest BCUT2D eigenvalue weighted by Gasteiger charge is -2.05. The lowest BCUT2D eigenvalue weighted by Crippen LogP contribution is -2.16. The summed E-state index contributed by atoms with van der Waals surface area (Å²) in [4.78, 5) is 23.6. The van der Waals surface area contributed by atoms with Crippen LogP contribution in [0.2, 0.25) is 0 Å². The van der Waals surface area contributed by atoms with Crippen molar-refractivity contribution in [3.63, 3.8) is 0 Å². The van der Waals surface area contributed by atoms with Gasteiger partial charge in [0.25, 0.3) is 0 Å². The third-order valence-electron chi connectivity index (χ3n) is 2.36. The van der Waals surface area contributed by atoms with Crippen LogP contribution < -0.4 is 22.1 Å². The van der Waals surface area contributed by atoms with E-state index in [0.29, 0.717) is 11.4 Å². The first-order valence-corrected chi connectivity index (χ1v) is 7.11. The van der Waals surface area contributed by atoms with Gasteiger partial charge in [-0.05, 0) is 28.5 Å². The molecule has 2 aromatic rings. The summed E-state index contributed by atoms with van der Waals surface area (Å²) in [6.07, 6.45) is 0. The summed E-state index contributed by atoms with van der Waals surface area (Å²) in [6.45, 7) is 1.31. The molecule has 22 heavy (non-hydrogen) atoms. The number of nitrogens with one attached hydrogen (secondary N) is 2. The molecule has 1 aromatic heterocycles. The predicted molar refractivity (Wildman–Crippen MR) is 83.2 cm³/mol. The number of carbonyl (C=O) groups excluding carboxylic acids is 2. The van der Waals surface area contributed by atoms with E-state index in [2.05, 4.69) is 25.6 Å². The highest BCUT2D eigenvalue weighted by Crippen LogP contribution is 2.24. The van der Waals surface area contributed by atoms with Crippen molar-refractivity contribution in [3.05, 3.63) is 18.2 Å². The van der Waals surface area contributed by atoms with Gasteiger partial charge in [0.2, 0.25) is 23.5 Å². The number of nitrogens with zero attached hydrogens (tertiary/aromatic N) is 2. The molecule has 1 heterocycles. The molecule has 9 nitrogen and oxygen atoms in total. The van der Waals surface area contributed by atoms with Crippen LogP contribution in [0.25, 0.3) is 0 Å². The lowest BCUT2D eigenvalue weighted by molar-refractivity contribution is -0.115. The standard InChI is InChI=1S/C12H14N6O3S/c1-6(19)15-11-12(18-21-17-11)16-10(20)5-22-9-3-7(13)2-8(14)4-9/h2-4H,5,13-14H2,1H3,(H,15,17,19)(H,16,18,20). The van der Waals surface area contributed by atoms with Crippen LogP contribution in [0.4, 0.5) is 23.0 Å². The SMILES string of the molecule is CC(=O)Nc1nonc1NC(=O)CSc1cc(N)cc(N)c1. The Bertz CT molecular complexity index is 682. The smallest absolute Gasteiger partial charge is 0.236 e. The molecule has 0 atom stereocenters. The van der Waals surface area contributed by atoms with E-state index < -0.39 is 0 Å². The van der Waals surface area contributed by atoms with E-state index in [1.165, 1.54) is 18.7 Å². The van der Waals surface area contributed by atoms with Crippen LogP contribution in [0.3, 0.4) is 0 Å². The normalized spacial score (nSPS) is 10.2. The first-order chi connectivity index (χ1) is 10.4. The fraction of sp³-hybridized carbons (Fsp3) is 0.167. The maximum atomic E-state index is 11.9. The molecule has 0 fully saturated rings. The van der Waals surface area contributed by atoms with Gasteiger partial charge in [-0.15, -0.1) is 11.8 Å². The molecule has 0 aliphatic heterocycles. The summed E-state index contributed by atoms with van der Waals surface area (Å²) < 4.78 is 4.47. The fourth-order valence-electron chi connectivity index (χ4n) is 1.57. The second-order valence-electron chi connectivity index (χ2n) is 4.31. The van der Waals surface area contributed by atoms with E-state index in [4.69, 9.17) is 11.5 Å². The Labute approximate surface area is 129 Å². The number of thioether (sulfide) groups is 1. The van der Waals surface area contributed by atoms with Gasteiger partial charge in [0.1, 0.15) is 0 Å². The minimum atomic E-state index is -0.351. The molecule has 1 aromatic carbocycles. The average molecular weight is 322 g/mol. The highest BCUT2D eigenvalue weighted by Gasteiger charge is 2.14. The van der Waals surface area contributed by atoms with Gasteiger partial charge in [0.05, 0.1) is 5.75 Å². The van der Waals surface area contributed by atoms with Gasteiger partial charge < -0.3 is 22.1 Å². The Kier molecular flexibility index (Phi) is 4.84. The number of benzene rings is 1. The number of amides is 2. The largest absolute Gasteiger partial charge is 0.399 e. The monoisotopic (exact) mass is 322 g/mol. The number of anilines is 4. The molecule has 116 valence electrons. The van der Waals surface area contributed by atoms with Crippen molar-refractivity contribution < 1.29 is 14.2 Å². The fourth-order valence-corrected chi connectivity index (χ4v) is 2.37. The van der Waals surface area contributed by atoms with Crippen LogP contribution in [-0.4, -0.2) is 27.9 Å². The third kappa shape index (κ3) is 4.38. The molecule has 0 saturated carbocycles. The van der Waals surface area contributed by atoms with Crippen molar-refractivity contribution in [2.75, 3.05) is 27.9 Å². The van der Waals surface area contributed by atoms with Gasteiger partial charge in [0, 0.05) is 23.2 Å². The van der Waals surface area contributed by atoms with Crippen LogP contribution >= 0.6 is 11.8 Å². The number of hydrogen-bond acceptors (Lipinski definition) is 8. The maximum Gasteiger partial charge on any atom is 0.236 e. The number of nitrogen functional groups attached to an aromatic ring is 2. The van der Waals surface area contributed by atoms with Crippen molar-refractivity contribution in [2.45, 2.75) is 11.8 Å². The zero-order chi connectivity index (χ0) is 16.1. The Morgan fingerprint density at radius 3 is 2.32 bits per heavy atom. The van der Waals surface area contributed by atoms with Crippen LogP contribution in [0, 0.1) is 0 Å². The highest BCUT2D eigenvalue weighted by atomic mass is 32.2. The second kappa shape index (κ2) is 6.80. The third-order valence-corrected chi connectivity index (χ3v) is 3.34. The van der Waals surface area contributed by atoms with Gasteiger partial charge in [0.15, 0.2) is 0 Å². The van der Waals surface area contributed by atoms with Gasteiger partial charge in [-0.25, -0.2) is 4.63 Å². The molecule has 0 unspecified atom stereocenters. The Morgan fingerprint density at radius 1 is 1.14 bits per heavy atom. The Balaban J connectivity index is 1.93. The number of aromatic nitrogens is 2. The molecule has 10 heteroatoms. The quantitative estimate of drug-likeness (QED) is 0.469. The van der Waals surface area contributed by atoms with Gasteiger partial charge in [-0.3, -0.25) is 9.59 Å². The first kappa shape index (κ1) is 15.6. The van der Waals surface area contributed by atoms with Crippen molar-refractivity contribution in [3.8, 4) is 0 Å². The molecule has 2 amide bonds. The van der Waals surface area contributed by atoms with E-state index in [1.807, 2.05) is 0 Å². The summed E-state index contributed by atoms with van der Waals surface area (Å²) in [7, 11) is 0. The summed E-state index contributed by atoms with van der Waals surface area (Å²) >= 11 is 1.26. The first-order valence-electron chi connectivity index (χ1n) is 6.13. The van der Waals surface area contributed by atoms with E-state index in [9.17, 15) is 9.59 Å². The number of carbonyl (C=O) groups is 2. The molecular weight excluding hydrogens is 308 g/mol. The number of hydrogen-bond donors (Lipinski definition) is 4. The summed E-state index contributed by atoms with van der Waals surface area (Å²) in [6, 6.07) is 5.06. The van der Waals surface area contributed by atoms with E-state index in [1.54, 1.807) is 18.2 Å². The summed E-state index contributed by atoms with van der Waals surface area (Å²) in [5, 5.41) is 11.9. The van der Waals surface area contributed by atoms with Gasteiger partial charge in [-0.1, -0.05) is 0 Å². The summed E-state index contributed by atoms with van der Waals surface area (Å²) in [5.41, 5.74) is 12.4.